The summed E-state index contributed by atoms with van der Waals surface area (Å²) in [5, 5.41) is 11.2. The molecule has 1 amide bonds. The number of amides is 1. The number of aliphatic carboxylic acids is 1. The van der Waals surface area contributed by atoms with Gasteiger partial charge in [0.15, 0.2) is 12.1 Å². The summed E-state index contributed by atoms with van der Waals surface area (Å²) in [6.45, 7) is 4.62. The molecular formula is C10H14N2O4. The van der Waals surface area contributed by atoms with Crippen LogP contribution in [0, 0.1) is 0 Å². The molecule has 0 aliphatic heterocycles. The van der Waals surface area contributed by atoms with E-state index in [9.17, 15) is 9.59 Å². The van der Waals surface area contributed by atoms with Gasteiger partial charge in [0.25, 0.3) is 5.91 Å². The lowest BCUT2D eigenvalue weighted by atomic mass is 10.1. The second-order valence-electron chi connectivity index (χ2n) is 3.86. The van der Waals surface area contributed by atoms with Gasteiger partial charge in [-0.3, -0.25) is 4.79 Å². The van der Waals surface area contributed by atoms with Crippen molar-refractivity contribution in [3.8, 4) is 0 Å². The van der Waals surface area contributed by atoms with Crippen LogP contribution < -0.4 is 5.32 Å². The molecular weight excluding hydrogens is 212 g/mol. The van der Waals surface area contributed by atoms with Crippen molar-refractivity contribution in [1.29, 1.82) is 0 Å². The third-order valence-electron chi connectivity index (χ3n) is 2.14. The molecule has 6 nitrogen and oxygen atoms in total. The number of nitrogens with zero attached hydrogens (tertiary/aromatic N) is 1. The Bertz CT molecular complexity index is 409. The lowest BCUT2D eigenvalue weighted by Gasteiger charge is -2.20. The Balaban J connectivity index is 2.85. The number of aryl methyl sites for hydroxylation is 1. The van der Waals surface area contributed by atoms with Gasteiger partial charge in [-0.2, -0.15) is 0 Å². The number of carboxylic acids is 1. The first-order chi connectivity index (χ1) is 7.38. The number of rotatable bonds is 4. The minimum Gasteiger partial charge on any atom is -0.480 e. The predicted molar refractivity (Wildman–Crippen MR) is 55.1 cm³/mol. The number of oxazole rings is 1. The predicted octanol–water partition coefficient (Wildman–Crippen LogP) is 0.830. The van der Waals surface area contributed by atoms with Crippen LogP contribution in [0.15, 0.2) is 10.8 Å². The maximum absolute atomic E-state index is 11.7. The van der Waals surface area contributed by atoms with Crippen molar-refractivity contribution < 1.29 is 19.1 Å². The summed E-state index contributed by atoms with van der Waals surface area (Å²) in [5.41, 5.74) is -1.20. The van der Waals surface area contributed by atoms with Gasteiger partial charge in [-0.15, -0.1) is 0 Å². The van der Waals surface area contributed by atoms with Crippen LogP contribution in [0.1, 0.15) is 37.0 Å². The van der Waals surface area contributed by atoms with Gasteiger partial charge in [0.1, 0.15) is 11.3 Å². The molecule has 0 aliphatic carbocycles. The summed E-state index contributed by atoms with van der Waals surface area (Å²) in [7, 11) is 0. The second kappa shape index (κ2) is 4.34. The van der Waals surface area contributed by atoms with Gasteiger partial charge in [-0.1, -0.05) is 6.92 Å². The minimum atomic E-state index is -1.33. The zero-order valence-electron chi connectivity index (χ0n) is 9.40. The highest BCUT2D eigenvalue weighted by Gasteiger charge is 2.30. The number of nitrogens with one attached hydrogen (secondary N) is 1. The fourth-order valence-corrected chi connectivity index (χ4v) is 1.10. The Morgan fingerprint density at radius 1 is 1.56 bits per heavy atom. The van der Waals surface area contributed by atoms with E-state index in [-0.39, 0.29) is 5.69 Å². The van der Waals surface area contributed by atoms with Crippen LogP contribution in [0.2, 0.25) is 0 Å². The fourth-order valence-electron chi connectivity index (χ4n) is 1.10. The summed E-state index contributed by atoms with van der Waals surface area (Å²) in [4.78, 5) is 26.3. The standard InChI is InChI=1S/C10H14N2O4/c1-4-6-7(11-5-16-6)8(13)12-10(2,3)9(14)15/h5H,4H2,1-3H3,(H,12,13)(H,14,15). The van der Waals surface area contributed by atoms with E-state index in [1.165, 1.54) is 20.2 Å². The molecule has 16 heavy (non-hydrogen) atoms. The highest BCUT2D eigenvalue weighted by Crippen LogP contribution is 2.10. The van der Waals surface area contributed by atoms with Crippen molar-refractivity contribution in [2.24, 2.45) is 0 Å². The summed E-state index contributed by atoms with van der Waals surface area (Å²) < 4.78 is 4.99. The minimum absolute atomic E-state index is 0.136. The second-order valence-corrected chi connectivity index (χ2v) is 3.86. The van der Waals surface area contributed by atoms with Crippen LogP contribution in [0.4, 0.5) is 0 Å². The molecule has 1 aromatic heterocycles. The highest BCUT2D eigenvalue weighted by atomic mass is 16.4. The molecule has 0 bridgehead atoms. The molecule has 0 aromatic carbocycles. The van der Waals surface area contributed by atoms with Crippen molar-refractivity contribution >= 4 is 11.9 Å². The summed E-state index contributed by atoms with van der Waals surface area (Å²) in [5.74, 6) is -1.21. The van der Waals surface area contributed by atoms with Crippen LogP contribution in [-0.4, -0.2) is 27.5 Å². The number of hydrogen-bond acceptors (Lipinski definition) is 4. The van der Waals surface area contributed by atoms with Gasteiger partial charge < -0.3 is 14.8 Å². The molecule has 1 heterocycles. The van der Waals surface area contributed by atoms with E-state index in [1.807, 2.05) is 6.92 Å². The Labute approximate surface area is 92.7 Å². The molecule has 0 fully saturated rings. The largest absolute Gasteiger partial charge is 0.480 e. The number of hydrogen-bond donors (Lipinski definition) is 2. The first kappa shape index (κ1) is 12.2. The molecule has 88 valence electrons. The first-order valence-corrected chi connectivity index (χ1v) is 4.86. The first-order valence-electron chi connectivity index (χ1n) is 4.86. The van der Waals surface area contributed by atoms with Gasteiger partial charge in [-0.05, 0) is 13.8 Å². The van der Waals surface area contributed by atoms with E-state index >= 15 is 0 Å². The van der Waals surface area contributed by atoms with Crippen molar-refractivity contribution in [2.75, 3.05) is 0 Å². The number of carbonyl (C=O) groups is 2. The van der Waals surface area contributed by atoms with Gasteiger partial charge in [0.2, 0.25) is 0 Å². The molecule has 2 N–H and O–H groups in total. The molecule has 1 aromatic rings. The molecule has 1 rings (SSSR count). The molecule has 6 heteroatoms. The molecule has 0 atom stereocenters. The lowest BCUT2D eigenvalue weighted by Crippen LogP contribution is -2.49. The molecule has 0 aliphatic rings. The highest BCUT2D eigenvalue weighted by molar-refractivity contribution is 5.96. The number of carbonyl (C=O) groups excluding carboxylic acids is 1. The van der Waals surface area contributed by atoms with Gasteiger partial charge in [0.05, 0.1) is 0 Å². The quantitative estimate of drug-likeness (QED) is 0.793. The van der Waals surface area contributed by atoms with E-state index < -0.39 is 17.4 Å². The number of aromatic nitrogens is 1. The fraction of sp³-hybridized carbons (Fsp3) is 0.500. The smallest absolute Gasteiger partial charge is 0.328 e. The maximum Gasteiger partial charge on any atom is 0.328 e. The normalized spacial score (nSPS) is 11.2. The van der Waals surface area contributed by atoms with Crippen LogP contribution in [0.5, 0.6) is 0 Å². The Morgan fingerprint density at radius 3 is 2.69 bits per heavy atom. The topological polar surface area (TPSA) is 92.4 Å². The third kappa shape index (κ3) is 2.39. The Hall–Kier alpha value is -1.85. The molecule has 0 spiro atoms. The van der Waals surface area contributed by atoms with Crippen molar-refractivity contribution in [3.63, 3.8) is 0 Å². The maximum atomic E-state index is 11.7. The van der Waals surface area contributed by atoms with E-state index in [4.69, 9.17) is 9.52 Å². The van der Waals surface area contributed by atoms with Crippen molar-refractivity contribution in [1.82, 2.24) is 10.3 Å². The Kier molecular flexibility index (Phi) is 3.31. The SMILES string of the molecule is CCc1ocnc1C(=O)NC(C)(C)C(=O)O. The molecule has 0 unspecified atom stereocenters. The van der Waals surface area contributed by atoms with E-state index in [2.05, 4.69) is 10.3 Å². The van der Waals surface area contributed by atoms with Crippen LogP contribution >= 0.6 is 0 Å². The van der Waals surface area contributed by atoms with Crippen LogP contribution in [0.25, 0.3) is 0 Å². The monoisotopic (exact) mass is 226 g/mol. The Morgan fingerprint density at radius 2 is 2.19 bits per heavy atom. The average molecular weight is 226 g/mol. The van der Waals surface area contributed by atoms with Gasteiger partial charge >= 0.3 is 5.97 Å². The summed E-state index contributed by atoms with van der Waals surface area (Å²) in [6.07, 6.45) is 1.69. The zero-order valence-corrected chi connectivity index (χ0v) is 9.40. The number of carboxylic acid groups (broad SMARTS) is 1. The van der Waals surface area contributed by atoms with Gasteiger partial charge in [0, 0.05) is 6.42 Å². The third-order valence-corrected chi connectivity index (χ3v) is 2.14. The summed E-state index contributed by atoms with van der Waals surface area (Å²) in [6, 6.07) is 0. The molecule has 0 saturated heterocycles. The van der Waals surface area contributed by atoms with E-state index in [0.29, 0.717) is 12.2 Å². The molecule has 0 saturated carbocycles. The van der Waals surface area contributed by atoms with Crippen molar-refractivity contribution in [2.45, 2.75) is 32.7 Å². The van der Waals surface area contributed by atoms with Crippen LogP contribution in [-0.2, 0) is 11.2 Å². The van der Waals surface area contributed by atoms with Crippen LogP contribution in [0.3, 0.4) is 0 Å². The van der Waals surface area contributed by atoms with Crippen molar-refractivity contribution in [3.05, 3.63) is 17.8 Å². The van der Waals surface area contributed by atoms with E-state index in [1.54, 1.807) is 0 Å². The average Bonchev–Trinajstić information content (AvgIpc) is 2.64. The van der Waals surface area contributed by atoms with Gasteiger partial charge in [-0.25, -0.2) is 9.78 Å². The zero-order chi connectivity index (χ0) is 12.3. The lowest BCUT2D eigenvalue weighted by molar-refractivity contribution is -0.143. The summed E-state index contributed by atoms with van der Waals surface area (Å²) >= 11 is 0. The van der Waals surface area contributed by atoms with E-state index in [0.717, 1.165) is 0 Å². The molecule has 0 radical (unpaired) electrons.